The third-order valence-corrected chi connectivity index (χ3v) is 4.38. The molecule has 0 radical (unpaired) electrons. The van der Waals surface area contributed by atoms with Crippen LogP contribution in [0.25, 0.3) is 0 Å². The quantitative estimate of drug-likeness (QED) is 0.880. The lowest BCUT2D eigenvalue weighted by Crippen LogP contribution is -2.39. The number of piperidine rings is 1. The predicted molar refractivity (Wildman–Crippen MR) is 85.1 cm³/mol. The van der Waals surface area contributed by atoms with Gasteiger partial charge in [-0.2, -0.15) is 5.10 Å². The summed E-state index contributed by atoms with van der Waals surface area (Å²) in [5.74, 6) is 1.01. The summed E-state index contributed by atoms with van der Waals surface area (Å²) in [7, 11) is 0. The van der Waals surface area contributed by atoms with Crippen LogP contribution in [0.4, 0.5) is 0 Å². The number of carbonyl (C=O) groups excluding carboxylic acids is 1. The van der Waals surface area contributed by atoms with Gasteiger partial charge in [0.25, 0.3) is 0 Å². The molecule has 3 heterocycles. The number of nitrogens with zero attached hydrogens (tertiary/aromatic N) is 3. The van der Waals surface area contributed by atoms with Gasteiger partial charge in [0.15, 0.2) is 0 Å². The molecule has 1 aliphatic heterocycles. The van der Waals surface area contributed by atoms with Gasteiger partial charge in [0.2, 0.25) is 5.91 Å². The van der Waals surface area contributed by atoms with Crippen molar-refractivity contribution in [3.05, 3.63) is 45.9 Å². The molecule has 1 fully saturated rings. The first-order valence-electron chi connectivity index (χ1n) is 8.02. The molecule has 2 aromatic rings. The van der Waals surface area contributed by atoms with Crippen molar-refractivity contribution in [3.63, 3.8) is 0 Å². The van der Waals surface area contributed by atoms with Gasteiger partial charge >= 0.3 is 5.69 Å². The Morgan fingerprint density at radius 1 is 1.35 bits per heavy atom. The third kappa shape index (κ3) is 3.67. The number of aromatic nitrogens is 4. The number of carbonyl (C=O) groups is 1. The molecule has 0 aliphatic carbocycles. The van der Waals surface area contributed by atoms with E-state index < -0.39 is 0 Å². The maximum Gasteiger partial charge on any atom is 0.340 e. The fourth-order valence-electron chi connectivity index (χ4n) is 2.91. The first-order chi connectivity index (χ1) is 11.2. The van der Waals surface area contributed by atoms with Crippen LogP contribution in [0.15, 0.2) is 23.1 Å². The number of nitrogens with one attached hydrogen (secondary N) is 2. The second-order valence-electron chi connectivity index (χ2n) is 5.91. The smallest absolute Gasteiger partial charge is 0.340 e. The topological polar surface area (TPSA) is 94.7 Å². The van der Waals surface area contributed by atoms with Gasteiger partial charge in [0.05, 0.1) is 6.42 Å². The summed E-state index contributed by atoms with van der Waals surface area (Å²) < 4.78 is 0. The molecule has 0 saturated carbocycles. The maximum atomic E-state index is 12.4. The lowest BCUT2D eigenvalue weighted by Gasteiger charge is -2.31. The average Bonchev–Trinajstić information content (AvgIpc) is 3.02. The molecule has 2 N–H and O–H groups in total. The number of H-pyrrole nitrogens is 2. The summed E-state index contributed by atoms with van der Waals surface area (Å²) in [6.07, 6.45) is 4.75. The number of aryl methyl sites for hydroxylation is 1. The standard InChI is InChI=1S/C16H21N5O2/c1-2-11-3-4-13(17-10-11)9-14(22)21-7-5-12(6-8-21)15-18-16(23)20-19-15/h3-4,10,12H,2,5-9H2,1H3,(H2,18,19,20,23). The minimum Gasteiger partial charge on any atom is -0.342 e. The van der Waals surface area contributed by atoms with E-state index in [1.807, 2.05) is 23.2 Å². The van der Waals surface area contributed by atoms with E-state index in [4.69, 9.17) is 0 Å². The molecule has 1 saturated heterocycles. The second kappa shape index (κ2) is 6.76. The Labute approximate surface area is 134 Å². The molecule has 1 amide bonds. The maximum absolute atomic E-state index is 12.4. The molecule has 7 heteroatoms. The zero-order valence-electron chi connectivity index (χ0n) is 13.2. The summed E-state index contributed by atoms with van der Waals surface area (Å²) in [5.41, 5.74) is 1.71. The molecule has 122 valence electrons. The van der Waals surface area contributed by atoms with Crippen LogP contribution in [0.1, 0.15) is 42.8 Å². The molecular weight excluding hydrogens is 294 g/mol. The summed E-state index contributed by atoms with van der Waals surface area (Å²) in [6, 6.07) is 3.95. The van der Waals surface area contributed by atoms with E-state index in [0.717, 1.165) is 25.0 Å². The number of pyridine rings is 1. The van der Waals surface area contributed by atoms with Crippen LogP contribution in [0.2, 0.25) is 0 Å². The third-order valence-electron chi connectivity index (χ3n) is 4.38. The van der Waals surface area contributed by atoms with E-state index in [9.17, 15) is 9.59 Å². The Morgan fingerprint density at radius 2 is 2.13 bits per heavy atom. The Balaban J connectivity index is 1.54. The highest BCUT2D eigenvalue weighted by atomic mass is 16.2. The summed E-state index contributed by atoms with van der Waals surface area (Å²) in [4.78, 5) is 32.4. The minimum absolute atomic E-state index is 0.107. The number of amides is 1. The van der Waals surface area contributed by atoms with Crippen molar-refractivity contribution in [1.29, 1.82) is 0 Å². The van der Waals surface area contributed by atoms with Crippen molar-refractivity contribution in [2.75, 3.05) is 13.1 Å². The normalized spacial score (nSPS) is 15.8. The molecule has 0 aromatic carbocycles. The van der Waals surface area contributed by atoms with E-state index in [1.54, 1.807) is 0 Å². The largest absolute Gasteiger partial charge is 0.342 e. The van der Waals surface area contributed by atoms with Gasteiger partial charge in [-0.25, -0.2) is 9.89 Å². The van der Waals surface area contributed by atoms with Crippen molar-refractivity contribution in [1.82, 2.24) is 25.1 Å². The summed E-state index contributed by atoms with van der Waals surface area (Å²) in [6.45, 7) is 3.45. The number of hydrogen-bond acceptors (Lipinski definition) is 4. The van der Waals surface area contributed by atoms with E-state index in [1.165, 1.54) is 5.56 Å². The zero-order chi connectivity index (χ0) is 16.2. The fraction of sp³-hybridized carbons (Fsp3) is 0.500. The number of likely N-dealkylation sites (tertiary alicyclic amines) is 1. The van der Waals surface area contributed by atoms with Crippen LogP contribution in [-0.4, -0.2) is 44.1 Å². The van der Waals surface area contributed by atoms with Crippen LogP contribution in [0, 0.1) is 0 Å². The van der Waals surface area contributed by atoms with E-state index in [-0.39, 0.29) is 17.5 Å². The fourth-order valence-corrected chi connectivity index (χ4v) is 2.91. The second-order valence-corrected chi connectivity index (χ2v) is 5.91. The Kier molecular flexibility index (Phi) is 4.55. The van der Waals surface area contributed by atoms with Gasteiger partial charge < -0.3 is 4.90 Å². The highest BCUT2D eigenvalue weighted by molar-refractivity contribution is 5.78. The van der Waals surface area contributed by atoms with Crippen LogP contribution in [0.3, 0.4) is 0 Å². The molecule has 23 heavy (non-hydrogen) atoms. The van der Waals surface area contributed by atoms with Gasteiger partial charge in [0, 0.05) is 30.9 Å². The Hall–Kier alpha value is -2.44. The van der Waals surface area contributed by atoms with Gasteiger partial charge in [-0.1, -0.05) is 13.0 Å². The molecule has 3 rings (SSSR count). The highest BCUT2D eigenvalue weighted by Crippen LogP contribution is 2.24. The Bertz CT molecular complexity index is 711. The molecular formula is C16H21N5O2. The monoisotopic (exact) mass is 315 g/mol. The first kappa shape index (κ1) is 15.5. The molecule has 0 bridgehead atoms. The summed E-state index contributed by atoms with van der Waals surface area (Å²) >= 11 is 0. The minimum atomic E-state index is -0.278. The van der Waals surface area contributed by atoms with Crippen LogP contribution in [0.5, 0.6) is 0 Å². The molecule has 2 aromatic heterocycles. The molecule has 0 unspecified atom stereocenters. The van der Waals surface area contributed by atoms with Crippen LogP contribution in [-0.2, 0) is 17.6 Å². The van der Waals surface area contributed by atoms with Crippen molar-refractivity contribution in [2.45, 2.75) is 38.5 Å². The lowest BCUT2D eigenvalue weighted by molar-refractivity contribution is -0.131. The molecule has 0 spiro atoms. The predicted octanol–water partition coefficient (Wildman–Crippen LogP) is 1.00. The van der Waals surface area contributed by atoms with Crippen LogP contribution < -0.4 is 5.69 Å². The van der Waals surface area contributed by atoms with Crippen LogP contribution >= 0.6 is 0 Å². The SMILES string of the molecule is CCc1ccc(CC(=O)N2CCC(c3n[nH]c(=O)[nH]3)CC2)nc1. The molecule has 0 atom stereocenters. The number of rotatable bonds is 4. The highest BCUT2D eigenvalue weighted by Gasteiger charge is 2.25. The van der Waals surface area contributed by atoms with E-state index >= 15 is 0 Å². The van der Waals surface area contributed by atoms with Crippen molar-refractivity contribution in [3.8, 4) is 0 Å². The zero-order valence-corrected chi connectivity index (χ0v) is 13.2. The van der Waals surface area contributed by atoms with Gasteiger partial charge in [0.1, 0.15) is 5.82 Å². The average molecular weight is 315 g/mol. The number of hydrogen-bond donors (Lipinski definition) is 2. The summed E-state index contributed by atoms with van der Waals surface area (Å²) in [5, 5.41) is 6.38. The molecule has 1 aliphatic rings. The Morgan fingerprint density at radius 3 is 2.70 bits per heavy atom. The molecule has 7 nitrogen and oxygen atoms in total. The van der Waals surface area contributed by atoms with Crippen molar-refractivity contribution < 1.29 is 4.79 Å². The van der Waals surface area contributed by atoms with Gasteiger partial charge in [-0.15, -0.1) is 0 Å². The van der Waals surface area contributed by atoms with Gasteiger partial charge in [-0.3, -0.25) is 14.8 Å². The lowest BCUT2D eigenvalue weighted by atomic mass is 9.96. The van der Waals surface area contributed by atoms with Gasteiger partial charge in [-0.05, 0) is 30.9 Å². The van der Waals surface area contributed by atoms with Crippen molar-refractivity contribution >= 4 is 5.91 Å². The van der Waals surface area contributed by atoms with E-state index in [0.29, 0.717) is 25.3 Å². The first-order valence-corrected chi connectivity index (χ1v) is 8.02. The van der Waals surface area contributed by atoms with E-state index in [2.05, 4.69) is 27.1 Å². The van der Waals surface area contributed by atoms with Crippen molar-refractivity contribution in [2.24, 2.45) is 0 Å². The number of aromatic amines is 2.